The normalized spacial score (nSPS) is 15.6. The largest absolute Gasteiger partial charge is 0.419 e. The fourth-order valence-electron chi connectivity index (χ4n) is 3.11. The standard InChI is InChI=1S/C19H14N4O6/c1-23-12-8-4-6-10(15(12)29-19(23)28)16(25)21-22-18(27)13-14(24)9-5-2-3-7-11(9)20-17(13)26/h2-8,13H,1H3,(H,20,26)(H,21,25)(H,22,27). The zero-order chi connectivity index (χ0) is 20.7. The van der Waals surface area contributed by atoms with Crippen molar-refractivity contribution in [3.8, 4) is 0 Å². The van der Waals surface area contributed by atoms with Gasteiger partial charge in [-0.05, 0) is 24.3 Å². The molecule has 1 aromatic heterocycles. The van der Waals surface area contributed by atoms with Crippen LogP contribution < -0.4 is 21.9 Å². The lowest BCUT2D eigenvalue weighted by molar-refractivity contribution is -0.131. The van der Waals surface area contributed by atoms with E-state index < -0.39 is 35.2 Å². The Bertz CT molecular complexity index is 1260. The molecule has 1 unspecified atom stereocenters. The summed E-state index contributed by atoms with van der Waals surface area (Å²) >= 11 is 0. The number of ketones is 1. The van der Waals surface area contributed by atoms with E-state index in [1.165, 1.54) is 23.7 Å². The van der Waals surface area contributed by atoms with E-state index >= 15 is 0 Å². The van der Waals surface area contributed by atoms with Crippen LogP contribution in [0.2, 0.25) is 0 Å². The summed E-state index contributed by atoms with van der Waals surface area (Å²) in [7, 11) is 1.49. The number of aryl methyl sites for hydroxylation is 1. The van der Waals surface area contributed by atoms with E-state index in [2.05, 4.69) is 16.2 Å². The van der Waals surface area contributed by atoms with Crippen molar-refractivity contribution in [2.75, 3.05) is 5.32 Å². The third-order valence-corrected chi connectivity index (χ3v) is 4.60. The predicted octanol–water partition coefficient (Wildman–Crippen LogP) is 0.344. The Morgan fingerprint density at radius 3 is 2.59 bits per heavy atom. The van der Waals surface area contributed by atoms with Gasteiger partial charge in [0.1, 0.15) is 0 Å². The molecule has 0 saturated heterocycles. The van der Waals surface area contributed by atoms with Crippen molar-refractivity contribution in [1.82, 2.24) is 15.4 Å². The number of oxazole rings is 1. The number of aromatic nitrogens is 1. The molecule has 0 aliphatic carbocycles. The van der Waals surface area contributed by atoms with Crippen LogP contribution in [0.1, 0.15) is 20.7 Å². The highest BCUT2D eigenvalue weighted by atomic mass is 16.4. The first-order chi connectivity index (χ1) is 13.9. The Kier molecular flexibility index (Phi) is 4.23. The van der Waals surface area contributed by atoms with Crippen molar-refractivity contribution >= 4 is 40.3 Å². The van der Waals surface area contributed by atoms with Crippen LogP contribution in [0.25, 0.3) is 11.1 Å². The molecule has 1 aliphatic heterocycles. The van der Waals surface area contributed by atoms with E-state index in [1.807, 2.05) is 0 Å². The molecule has 0 spiro atoms. The SMILES string of the molecule is Cn1c(=O)oc2c(C(=O)NNC(=O)C3C(=O)Nc4ccccc4C3=O)cccc21. The zero-order valence-electron chi connectivity index (χ0n) is 15.0. The first-order valence-electron chi connectivity index (χ1n) is 8.51. The number of benzene rings is 2. The molecule has 0 radical (unpaired) electrons. The Morgan fingerprint density at radius 1 is 1.03 bits per heavy atom. The van der Waals surface area contributed by atoms with Gasteiger partial charge in [0.15, 0.2) is 17.3 Å². The van der Waals surface area contributed by atoms with Crippen LogP contribution in [0.15, 0.2) is 51.7 Å². The van der Waals surface area contributed by atoms with E-state index in [-0.39, 0.29) is 16.7 Å². The molecule has 3 amide bonds. The number of nitrogens with one attached hydrogen (secondary N) is 3. The van der Waals surface area contributed by atoms with Gasteiger partial charge >= 0.3 is 5.76 Å². The van der Waals surface area contributed by atoms with Crippen molar-refractivity contribution in [2.45, 2.75) is 0 Å². The number of hydrazine groups is 1. The Hall–Kier alpha value is -4.21. The van der Waals surface area contributed by atoms with Gasteiger partial charge in [0, 0.05) is 12.6 Å². The topological polar surface area (TPSA) is 140 Å². The van der Waals surface area contributed by atoms with E-state index in [4.69, 9.17) is 4.42 Å². The smallest absolute Gasteiger partial charge is 0.407 e. The van der Waals surface area contributed by atoms with Crippen LogP contribution >= 0.6 is 0 Å². The summed E-state index contributed by atoms with van der Waals surface area (Å²) < 4.78 is 6.29. The number of para-hydroxylation sites is 2. The molecular formula is C19H14N4O6. The molecule has 1 atom stereocenters. The molecule has 0 bridgehead atoms. The van der Waals surface area contributed by atoms with Gasteiger partial charge in [-0.3, -0.25) is 34.6 Å². The van der Waals surface area contributed by atoms with Gasteiger partial charge in [-0.15, -0.1) is 0 Å². The molecule has 0 fully saturated rings. The van der Waals surface area contributed by atoms with Crippen LogP contribution in [-0.4, -0.2) is 28.1 Å². The minimum atomic E-state index is -1.64. The van der Waals surface area contributed by atoms with Crippen LogP contribution in [0.4, 0.5) is 5.69 Å². The second-order valence-corrected chi connectivity index (χ2v) is 6.36. The molecule has 2 heterocycles. The second kappa shape index (κ2) is 6.75. The zero-order valence-corrected chi connectivity index (χ0v) is 15.0. The molecule has 1 aliphatic rings. The van der Waals surface area contributed by atoms with Gasteiger partial charge in [0.2, 0.25) is 5.91 Å². The first-order valence-corrected chi connectivity index (χ1v) is 8.51. The average molecular weight is 394 g/mol. The molecule has 10 nitrogen and oxygen atoms in total. The molecule has 29 heavy (non-hydrogen) atoms. The van der Waals surface area contributed by atoms with E-state index in [1.54, 1.807) is 30.3 Å². The second-order valence-electron chi connectivity index (χ2n) is 6.36. The molecule has 0 saturated carbocycles. The molecule has 3 N–H and O–H groups in total. The lowest BCUT2D eigenvalue weighted by Gasteiger charge is -2.22. The fourth-order valence-corrected chi connectivity index (χ4v) is 3.11. The van der Waals surface area contributed by atoms with Crippen molar-refractivity contribution in [2.24, 2.45) is 13.0 Å². The number of hydrogen-bond acceptors (Lipinski definition) is 6. The summed E-state index contributed by atoms with van der Waals surface area (Å²) in [5.41, 5.74) is 5.19. The predicted molar refractivity (Wildman–Crippen MR) is 100.0 cm³/mol. The molecule has 10 heteroatoms. The lowest BCUT2D eigenvalue weighted by atomic mass is 9.91. The molecule has 4 rings (SSSR count). The van der Waals surface area contributed by atoms with Crippen LogP contribution in [0.3, 0.4) is 0 Å². The van der Waals surface area contributed by atoms with Crippen molar-refractivity contribution in [3.63, 3.8) is 0 Å². The summed E-state index contributed by atoms with van der Waals surface area (Å²) in [6.45, 7) is 0. The fraction of sp³-hybridized carbons (Fsp3) is 0.105. The van der Waals surface area contributed by atoms with Gasteiger partial charge in [-0.2, -0.15) is 0 Å². The summed E-state index contributed by atoms with van der Waals surface area (Å²) in [6.07, 6.45) is 0. The number of rotatable bonds is 2. The molecule has 146 valence electrons. The van der Waals surface area contributed by atoms with Gasteiger partial charge in [-0.25, -0.2) is 4.79 Å². The summed E-state index contributed by atoms with van der Waals surface area (Å²) in [5, 5.41) is 2.49. The third kappa shape index (κ3) is 2.96. The maximum absolute atomic E-state index is 12.5. The molecular weight excluding hydrogens is 380 g/mol. The first kappa shape index (κ1) is 18.2. The Labute approximate surface area is 162 Å². The minimum absolute atomic E-state index is 0.00488. The number of nitrogens with zero attached hydrogens (tertiary/aromatic N) is 1. The average Bonchev–Trinajstić information content (AvgIpc) is 3.00. The summed E-state index contributed by atoms with van der Waals surface area (Å²) in [5.74, 6) is -5.52. The highest BCUT2D eigenvalue weighted by Gasteiger charge is 2.39. The number of fused-ring (bicyclic) bond motifs is 2. The van der Waals surface area contributed by atoms with E-state index in [9.17, 15) is 24.0 Å². The van der Waals surface area contributed by atoms with Crippen LogP contribution in [-0.2, 0) is 16.6 Å². The van der Waals surface area contributed by atoms with Gasteiger partial charge < -0.3 is 9.73 Å². The number of hydrogen-bond donors (Lipinski definition) is 3. The van der Waals surface area contributed by atoms with Crippen LogP contribution in [0, 0.1) is 5.92 Å². The maximum atomic E-state index is 12.5. The number of amides is 3. The van der Waals surface area contributed by atoms with E-state index in [0.717, 1.165) is 0 Å². The molecule has 2 aromatic carbocycles. The Balaban J connectivity index is 1.53. The van der Waals surface area contributed by atoms with Crippen LogP contribution in [0.5, 0.6) is 0 Å². The van der Waals surface area contributed by atoms with Crippen molar-refractivity contribution in [3.05, 3.63) is 64.1 Å². The van der Waals surface area contributed by atoms with Crippen molar-refractivity contribution in [1.29, 1.82) is 0 Å². The van der Waals surface area contributed by atoms with Gasteiger partial charge in [0.05, 0.1) is 16.8 Å². The van der Waals surface area contributed by atoms with E-state index in [0.29, 0.717) is 11.2 Å². The number of carbonyl (C=O) groups excluding carboxylic acids is 4. The summed E-state index contributed by atoms with van der Waals surface area (Å²) in [4.78, 5) is 61.2. The number of Topliss-reactive ketones (excluding diaryl/α,β-unsaturated/α-hetero) is 1. The van der Waals surface area contributed by atoms with Gasteiger partial charge in [0.25, 0.3) is 11.8 Å². The highest BCUT2D eigenvalue weighted by Crippen LogP contribution is 2.25. The third-order valence-electron chi connectivity index (χ3n) is 4.60. The quantitative estimate of drug-likeness (QED) is 0.423. The summed E-state index contributed by atoms with van der Waals surface area (Å²) in [6, 6.07) is 10.8. The van der Waals surface area contributed by atoms with Crippen molar-refractivity contribution < 1.29 is 23.6 Å². The monoisotopic (exact) mass is 394 g/mol. The number of anilines is 1. The Morgan fingerprint density at radius 2 is 1.79 bits per heavy atom. The number of carbonyl (C=O) groups is 4. The van der Waals surface area contributed by atoms with Gasteiger partial charge in [-0.1, -0.05) is 18.2 Å². The minimum Gasteiger partial charge on any atom is -0.407 e. The lowest BCUT2D eigenvalue weighted by Crippen LogP contribution is -2.51. The highest BCUT2D eigenvalue weighted by molar-refractivity contribution is 6.30. The molecule has 3 aromatic rings. The maximum Gasteiger partial charge on any atom is 0.419 e.